The van der Waals surface area contributed by atoms with Crippen molar-refractivity contribution in [1.29, 1.82) is 0 Å². The number of likely N-dealkylation sites (tertiary alicyclic amines) is 1. The van der Waals surface area contributed by atoms with Crippen LogP contribution in [0.25, 0.3) is 11.0 Å². The Morgan fingerprint density at radius 2 is 2.29 bits per heavy atom. The van der Waals surface area contributed by atoms with Crippen molar-refractivity contribution in [3.8, 4) is 0 Å². The number of hydrogen-bond acceptors (Lipinski definition) is 4. The summed E-state index contributed by atoms with van der Waals surface area (Å²) in [7, 11) is 0. The number of halogens is 1. The van der Waals surface area contributed by atoms with Crippen LogP contribution in [0.5, 0.6) is 0 Å². The second-order valence-corrected chi connectivity index (χ2v) is 6.06. The highest BCUT2D eigenvalue weighted by atomic mass is 79.9. The zero-order valence-electron chi connectivity index (χ0n) is 11.7. The van der Waals surface area contributed by atoms with E-state index in [1.54, 1.807) is 12.4 Å². The van der Waals surface area contributed by atoms with E-state index in [2.05, 4.69) is 31.2 Å². The fraction of sp³-hybridized carbons (Fsp3) is 0.400. The van der Waals surface area contributed by atoms with Crippen molar-refractivity contribution >= 4 is 38.6 Å². The number of aromatic nitrogens is 2. The van der Waals surface area contributed by atoms with E-state index in [9.17, 15) is 4.79 Å². The van der Waals surface area contributed by atoms with Gasteiger partial charge in [-0.25, -0.2) is 0 Å². The third-order valence-corrected chi connectivity index (χ3v) is 4.07. The molecule has 5 nitrogen and oxygen atoms in total. The highest BCUT2D eigenvalue weighted by molar-refractivity contribution is 9.10. The van der Waals surface area contributed by atoms with Crippen LogP contribution in [0.3, 0.4) is 0 Å². The fourth-order valence-electron chi connectivity index (χ4n) is 2.58. The molecule has 1 fully saturated rings. The average molecular weight is 349 g/mol. The molecule has 1 aliphatic rings. The van der Waals surface area contributed by atoms with Gasteiger partial charge in [0.2, 0.25) is 5.91 Å². The first-order valence-corrected chi connectivity index (χ1v) is 7.95. The van der Waals surface area contributed by atoms with Crippen LogP contribution in [-0.4, -0.2) is 40.4 Å². The van der Waals surface area contributed by atoms with E-state index >= 15 is 0 Å². The molecule has 3 rings (SSSR count). The Morgan fingerprint density at radius 1 is 1.38 bits per heavy atom. The van der Waals surface area contributed by atoms with Crippen LogP contribution < -0.4 is 5.32 Å². The molecule has 1 N–H and O–H groups in total. The first kappa shape index (κ1) is 14.3. The zero-order valence-corrected chi connectivity index (χ0v) is 13.3. The van der Waals surface area contributed by atoms with Gasteiger partial charge in [-0.2, -0.15) is 0 Å². The van der Waals surface area contributed by atoms with Gasteiger partial charge in [0.15, 0.2) is 0 Å². The molecule has 0 unspecified atom stereocenters. The Morgan fingerprint density at radius 3 is 3.10 bits per heavy atom. The maximum absolute atomic E-state index is 11.5. The number of anilines is 1. The lowest BCUT2D eigenvalue weighted by Gasteiger charge is -2.15. The van der Waals surface area contributed by atoms with E-state index in [1.807, 2.05) is 17.0 Å². The lowest BCUT2D eigenvalue weighted by molar-refractivity contribution is -0.127. The number of nitrogens with zero attached hydrogens (tertiary/aromatic N) is 3. The second kappa shape index (κ2) is 6.39. The van der Waals surface area contributed by atoms with Crippen LogP contribution in [0.1, 0.15) is 19.3 Å². The summed E-state index contributed by atoms with van der Waals surface area (Å²) in [6.07, 6.45) is 6.20. The number of nitrogens with one attached hydrogen (secondary N) is 1. The summed E-state index contributed by atoms with van der Waals surface area (Å²) in [5, 5.41) is 3.39. The van der Waals surface area contributed by atoms with E-state index in [4.69, 9.17) is 0 Å². The highest BCUT2D eigenvalue weighted by Gasteiger charge is 2.18. The number of hydrogen-bond donors (Lipinski definition) is 1. The summed E-state index contributed by atoms with van der Waals surface area (Å²) in [6.45, 7) is 2.56. The smallest absolute Gasteiger partial charge is 0.222 e. The van der Waals surface area contributed by atoms with Crippen LogP contribution in [0.4, 0.5) is 5.69 Å². The quantitative estimate of drug-likeness (QED) is 0.844. The maximum atomic E-state index is 11.5. The van der Waals surface area contributed by atoms with Crippen molar-refractivity contribution < 1.29 is 4.79 Å². The standard InChI is InChI=1S/C15H17BrN4O/c16-11-9-13-15(19-10-11)12(4-6-18-13)17-5-2-8-20-7-1-3-14(20)21/h4,6,9-10H,1-3,5,7-8H2,(H,17,18). The summed E-state index contributed by atoms with van der Waals surface area (Å²) in [5.41, 5.74) is 2.72. The van der Waals surface area contributed by atoms with Crippen molar-refractivity contribution in [2.24, 2.45) is 0 Å². The van der Waals surface area contributed by atoms with Gasteiger partial charge in [0.25, 0.3) is 0 Å². The van der Waals surface area contributed by atoms with Gasteiger partial charge in [-0.1, -0.05) is 0 Å². The summed E-state index contributed by atoms with van der Waals surface area (Å²) < 4.78 is 0.923. The molecule has 1 saturated heterocycles. The minimum absolute atomic E-state index is 0.288. The van der Waals surface area contributed by atoms with Crippen molar-refractivity contribution in [3.63, 3.8) is 0 Å². The molecular formula is C15H17BrN4O. The van der Waals surface area contributed by atoms with E-state index in [1.165, 1.54) is 0 Å². The summed E-state index contributed by atoms with van der Waals surface area (Å²) in [6, 6.07) is 3.89. The van der Waals surface area contributed by atoms with Crippen molar-refractivity contribution in [2.75, 3.05) is 25.0 Å². The number of carbonyl (C=O) groups is 1. The van der Waals surface area contributed by atoms with E-state index < -0.39 is 0 Å². The first-order valence-electron chi connectivity index (χ1n) is 7.16. The number of amides is 1. The monoisotopic (exact) mass is 348 g/mol. The zero-order chi connectivity index (χ0) is 14.7. The predicted molar refractivity (Wildman–Crippen MR) is 86.2 cm³/mol. The molecular weight excluding hydrogens is 332 g/mol. The molecule has 3 heterocycles. The molecule has 6 heteroatoms. The van der Waals surface area contributed by atoms with E-state index in [0.29, 0.717) is 6.42 Å². The SMILES string of the molecule is O=C1CCCN1CCCNc1ccnc2cc(Br)cnc12. The van der Waals surface area contributed by atoms with Gasteiger partial charge in [0.1, 0.15) is 5.52 Å². The number of carbonyl (C=O) groups excluding carboxylic acids is 1. The second-order valence-electron chi connectivity index (χ2n) is 5.14. The Bertz CT molecular complexity index is 661. The Labute approximate surface area is 131 Å². The third kappa shape index (κ3) is 3.32. The van der Waals surface area contributed by atoms with Crippen LogP contribution in [-0.2, 0) is 4.79 Å². The average Bonchev–Trinajstić information content (AvgIpc) is 2.88. The lowest BCUT2D eigenvalue weighted by atomic mass is 10.2. The molecule has 1 aliphatic heterocycles. The number of rotatable bonds is 5. The van der Waals surface area contributed by atoms with Crippen molar-refractivity contribution in [2.45, 2.75) is 19.3 Å². The molecule has 0 spiro atoms. The van der Waals surface area contributed by atoms with Crippen LogP contribution in [0.15, 0.2) is 29.0 Å². The molecule has 2 aromatic heterocycles. The van der Waals surface area contributed by atoms with Crippen LogP contribution >= 0.6 is 15.9 Å². The van der Waals surface area contributed by atoms with Gasteiger partial charge in [-0.05, 0) is 40.9 Å². The number of fused-ring (bicyclic) bond motifs is 1. The Hall–Kier alpha value is -1.69. The molecule has 21 heavy (non-hydrogen) atoms. The number of pyridine rings is 2. The normalized spacial score (nSPS) is 14.9. The molecule has 0 atom stereocenters. The van der Waals surface area contributed by atoms with Crippen molar-refractivity contribution in [3.05, 3.63) is 29.0 Å². The lowest BCUT2D eigenvalue weighted by Crippen LogP contribution is -2.27. The van der Waals surface area contributed by atoms with Crippen molar-refractivity contribution in [1.82, 2.24) is 14.9 Å². The van der Waals surface area contributed by atoms with Gasteiger partial charge in [0, 0.05) is 42.9 Å². The van der Waals surface area contributed by atoms with Gasteiger partial charge >= 0.3 is 0 Å². The molecule has 2 aromatic rings. The molecule has 1 amide bonds. The van der Waals surface area contributed by atoms with Gasteiger partial charge in [-0.15, -0.1) is 0 Å². The molecule has 0 aliphatic carbocycles. The molecule has 0 bridgehead atoms. The van der Waals surface area contributed by atoms with Gasteiger partial charge in [-0.3, -0.25) is 14.8 Å². The molecule has 0 aromatic carbocycles. The highest BCUT2D eigenvalue weighted by Crippen LogP contribution is 2.22. The molecule has 0 saturated carbocycles. The van der Waals surface area contributed by atoms with E-state index in [-0.39, 0.29) is 5.91 Å². The van der Waals surface area contributed by atoms with Crippen LogP contribution in [0.2, 0.25) is 0 Å². The van der Waals surface area contributed by atoms with Gasteiger partial charge < -0.3 is 10.2 Å². The summed E-state index contributed by atoms with van der Waals surface area (Å²) >= 11 is 3.40. The minimum atomic E-state index is 0.288. The Kier molecular flexibility index (Phi) is 4.34. The topological polar surface area (TPSA) is 58.1 Å². The molecule has 110 valence electrons. The summed E-state index contributed by atoms with van der Waals surface area (Å²) in [5.74, 6) is 0.288. The van der Waals surface area contributed by atoms with Crippen LogP contribution in [0, 0.1) is 0 Å². The van der Waals surface area contributed by atoms with Gasteiger partial charge in [0.05, 0.1) is 11.2 Å². The first-order chi connectivity index (χ1) is 10.2. The minimum Gasteiger partial charge on any atom is -0.383 e. The third-order valence-electron chi connectivity index (χ3n) is 3.64. The van der Waals surface area contributed by atoms with E-state index in [0.717, 1.165) is 53.7 Å². The maximum Gasteiger partial charge on any atom is 0.222 e. The largest absolute Gasteiger partial charge is 0.383 e. The Balaban J connectivity index is 1.59. The molecule has 0 radical (unpaired) electrons. The predicted octanol–water partition coefficient (Wildman–Crippen LogP) is 2.82. The fourth-order valence-corrected chi connectivity index (χ4v) is 2.90. The summed E-state index contributed by atoms with van der Waals surface area (Å²) in [4.78, 5) is 22.2.